The zero-order chi connectivity index (χ0) is 16.8. The molecule has 0 unspecified atom stereocenters. The van der Waals surface area contributed by atoms with Gasteiger partial charge in [-0.1, -0.05) is 23.7 Å². The largest absolute Gasteiger partial charge is 0.338 e. The van der Waals surface area contributed by atoms with Gasteiger partial charge in [0.05, 0.1) is 5.75 Å². The first-order chi connectivity index (χ1) is 10.2. The summed E-state index contributed by atoms with van der Waals surface area (Å²) in [5.41, 5.74) is 1.16. The van der Waals surface area contributed by atoms with Crippen molar-refractivity contribution in [1.29, 1.82) is 0 Å². The van der Waals surface area contributed by atoms with Crippen molar-refractivity contribution >= 4 is 27.5 Å². The molecule has 0 aromatic heterocycles. The normalized spacial score (nSPS) is 12.7. The molecule has 2 amide bonds. The van der Waals surface area contributed by atoms with E-state index in [1.807, 2.05) is 24.3 Å². The Morgan fingerprint density at radius 2 is 1.91 bits per heavy atom. The van der Waals surface area contributed by atoms with Crippen LogP contribution in [0.3, 0.4) is 0 Å². The Hall–Kier alpha value is -1.27. The summed E-state index contributed by atoms with van der Waals surface area (Å²) < 4.78 is 22.5. The Morgan fingerprint density at radius 1 is 1.32 bits per heavy atom. The van der Waals surface area contributed by atoms with E-state index in [1.54, 1.807) is 14.0 Å². The molecule has 0 bridgehead atoms. The second kappa shape index (κ2) is 8.39. The molecular weight excluding hydrogens is 324 g/mol. The summed E-state index contributed by atoms with van der Waals surface area (Å²) in [5, 5.41) is 3.50. The van der Waals surface area contributed by atoms with Crippen molar-refractivity contribution < 1.29 is 13.2 Å². The van der Waals surface area contributed by atoms with Gasteiger partial charge in [-0.05, 0) is 37.5 Å². The predicted molar refractivity (Wildman–Crippen MR) is 90.1 cm³/mol. The number of amides is 2. The molecule has 124 valence electrons. The molecule has 1 N–H and O–H groups in total. The maximum Gasteiger partial charge on any atom is 0.317 e. The van der Waals surface area contributed by atoms with Gasteiger partial charge < -0.3 is 10.2 Å². The second-order valence-electron chi connectivity index (χ2n) is 5.51. The van der Waals surface area contributed by atoms with Crippen LogP contribution in [0.15, 0.2) is 24.3 Å². The van der Waals surface area contributed by atoms with E-state index >= 15 is 0 Å². The highest BCUT2D eigenvalue weighted by Crippen LogP contribution is 2.10. The van der Waals surface area contributed by atoms with Crippen LogP contribution < -0.4 is 5.32 Å². The molecule has 5 nitrogen and oxygen atoms in total. The third-order valence-electron chi connectivity index (χ3n) is 3.36. The Kier molecular flexibility index (Phi) is 7.16. The molecule has 0 aliphatic heterocycles. The molecule has 0 aliphatic rings. The van der Waals surface area contributed by atoms with Gasteiger partial charge in [-0.2, -0.15) is 0 Å². The first-order valence-electron chi connectivity index (χ1n) is 7.12. The van der Waals surface area contributed by atoms with E-state index in [4.69, 9.17) is 11.6 Å². The monoisotopic (exact) mass is 346 g/mol. The highest BCUT2D eigenvalue weighted by atomic mass is 35.5. The third kappa shape index (κ3) is 7.13. The zero-order valence-electron chi connectivity index (χ0n) is 13.2. The average molecular weight is 347 g/mol. The van der Waals surface area contributed by atoms with E-state index in [1.165, 1.54) is 11.2 Å². The van der Waals surface area contributed by atoms with Crippen molar-refractivity contribution in [2.75, 3.05) is 25.6 Å². The van der Waals surface area contributed by atoms with Crippen LogP contribution in [0, 0.1) is 0 Å². The van der Waals surface area contributed by atoms with Gasteiger partial charge in [0.2, 0.25) is 0 Å². The van der Waals surface area contributed by atoms with Gasteiger partial charge in [-0.3, -0.25) is 0 Å². The minimum absolute atomic E-state index is 0.0400. The summed E-state index contributed by atoms with van der Waals surface area (Å²) in [6.45, 7) is 2.26. The lowest BCUT2D eigenvalue weighted by Gasteiger charge is -2.24. The third-order valence-corrected chi connectivity index (χ3v) is 4.70. The van der Waals surface area contributed by atoms with Gasteiger partial charge in [-0.25, -0.2) is 13.2 Å². The van der Waals surface area contributed by atoms with Crippen LogP contribution in [0.4, 0.5) is 4.79 Å². The molecule has 0 saturated carbocycles. The number of aryl methyl sites for hydroxylation is 1. The highest BCUT2D eigenvalue weighted by molar-refractivity contribution is 7.90. The zero-order valence-corrected chi connectivity index (χ0v) is 14.7. The number of hydrogen-bond donors (Lipinski definition) is 1. The number of nitrogens with zero attached hydrogens (tertiary/aromatic N) is 1. The summed E-state index contributed by atoms with van der Waals surface area (Å²) in [7, 11) is -1.50. The predicted octanol–water partition coefficient (Wildman–Crippen LogP) is 2.35. The molecule has 0 aliphatic carbocycles. The van der Waals surface area contributed by atoms with E-state index in [-0.39, 0.29) is 17.8 Å². The first-order valence-corrected chi connectivity index (χ1v) is 9.55. The number of carbonyl (C=O) groups is 1. The molecule has 0 spiro atoms. The van der Waals surface area contributed by atoms with Gasteiger partial charge in [0, 0.05) is 30.9 Å². The number of sulfone groups is 1. The van der Waals surface area contributed by atoms with Crippen molar-refractivity contribution in [3.63, 3.8) is 0 Å². The molecule has 1 aromatic carbocycles. The second-order valence-corrected chi connectivity index (χ2v) is 8.14. The quantitative estimate of drug-likeness (QED) is 0.771. The lowest BCUT2D eigenvalue weighted by Crippen LogP contribution is -2.45. The Labute approximate surface area is 137 Å². The lowest BCUT2D eigenvalue weighted by atomic mass is 10.1. The van der Waals surface area contributed by atoms with Crippen molar-refractivity contribution in [2.24, 2.45) is 0 Å². The van der Waals surface area contributed by atoms with E-state index in [0.29, 0.717) is 11.6 Å². The van der Waals surface area contributed by atoms with Crippen LogP contribution in [-0.4, -0.2) is 51.0 Å². The fraction of sp³-hybridized carbons (Fsp3) is 0.533. The van der Waals surface area contributed by atoms with E-state index < -0.39 is 9.84 Å². The van der Waals surface area contributed by atoms with Crippen LogP contribution in [0.25, 0.3) is 0 Å². The van der Waals surface area contributed by atoms with Gasteiger partial charge in [0.15, 0.2) is 0 Å². The summed E-state index contributed by atoms with van der Waals surface area (Å²) in [6.07, 6.45) is 2.82. The molecular formula is C15H23ClN2O3S. The standard InChI is InChI=1S/C15H23ClN2O3S/c1-12(11-22(3,20)21)18(2)15(19)17-10-4-5-13-6-8-14(16)9-7-13/h6-9,12H,4-5,10-11H2,1-3H3,(H,17,19)/t12-/m0/s1. The molecule has 0 saturated heterocycles. The van der Waals surface area contributed by atoms with Crippen LogP contribution >= 0.6 is 11.6 Å². The van der Waals surface area contributed by atoms with Crippen LogP contribution in [-0.2, 0) is 16.3 Å². The number of carbonyl (C=O) groups excluding carboxylic acids is 1. The van der Waals surface area contributed by atoms with Gasteiger partial charge in [-0.15, -0.1) is 0 Å². The van der Waals surface area contributed by atoms with Gasteiger partial charge >= 0.3 is 6.03 Å². The van der Waals surface area contributed by atoms with Crippen molar-refractivity contribution in [2.45, 2.75) is 25.8 Å². The number of rotatable bonds is 7. The summed E-state index contributed by atoms with van der Waals surface area (Å²) in [5.74, 6) is -0.0400. The molecule has 22 heavy (non-hydrogen) atoms. The van der Waals surface area contributed by atoms with E-state index in [2.05, 4.69) is 5.32 Å². The molecule has 1 atom stereocenters. The number of benzene rings is 1. The Bertz CT molecular complexity index is 587. The number of hydrogen-bond acceptors (Lipinski definition) is 3. The number of nitrogens with one attached hydrogen (secondary N) is 1. The van der Waals surface area contributed by atoms with Gasteiger partial charge in [0.1, 0.15) is 9.84 Å². The molecule has 1 aromatic rings. The number of urea groups is 1. The van der Waals surface area contributed by atoms with Crippen LogP contribution in [0.1, 0.15) is 18.9 Å². The van der Waals surface area contributed by atoms with E-state index in [0.717, 1.165) is 18.4 Å². The molecule has 0 fully saturated rings. The van der Waals surface area contributed by atoms with Crippen molar-refractivity contribution in [1.82, 2.24) is 10.2 Å². The molecule has 7 heteroatoms. The molecule has 0 heterocycles. The lowest BCUT2D eigenvalue weighted by molar-refractivity contribution is 0.198. The van der Waals surface area contributed by atoms with Crippen molar-refractivity contribution in [3.8, 4) is 0 Å². The van der Waals surface area contributed by atoms with Crippen molar-refractivity contribution in [3.05, 3.63) is 34.9 Å². The smallest absolute Gasteiger partial charge is 0.317 e. The minimum atomic E-state index is -3.10. The molecule has 0 radical (unpaired) electrons. The highest BCUT2D eigenvalue weighted by Gasteiger charge is 2.19. The summed E-state index contributed by atoms with van der Waals surface area (Å²) in [6, 6.07) is 7.00. The minimum Gasteiger partial charge on any atom is -0.338 e. The topological polar surface area (TPSA) is 66.5 Å². The SMILES string of the molecule is C[C@@H](CS(C)(=O)=O)N(C)C(=O)NCCCc1ccc(Cl)cc1. The maximum atomic E-state index is 11.9. The fourth-order valence-electron chi connectivity index (χ4n) is 2.01. The maximum absolute atomic E-state index is 11.9. The van der Waals surface area contributed by atoms with Crippen LogP contribution in [0.5, 0.6) is 0 Å². The summed E-state index contributed by atoms with van der Waals surface area (Å²) >= 11 is 5.82. The fourth-order valence-corrected chi connectivity index (χ4v) is 3.24. The summed E-state index contributed by atoms with van der Waals surface area (Å²) in [4.78, 5) is 13.3. The molecule has 1 rings (SSSR count). The van der Waals surface area contributed by atoms with Gasteiger partial charge in [0.25, 0.3) is 0 Å². The number of halogens is 1. The van der Waals surface area contributed by atoms with Crippen LogP contribution in [0.2, 0.25) is 5.02 Å². The first kappa shape index (κ1) is 18.8. The Morgan fingerprint density at radius 3 is 2.45 bits per heavy atom. The van der Waals surface area contributed by atoms with E-state index in [9.17, 15) is 13.2 Å². The Balaban J connectivity index is 2.31. The average Bonchev–Trinajstić information content (AvgIpc) is 2.42.